The van der Waals surface area contributed by atoms with Crippen molar-refractivity contribution < 1.29 is 0 Å². The molecule has 0 amide bonds. The van der Waals surface area contributed by atoms with E-state index in [1.165, 1.54) is 20.7 Å². The van der Waals surface area contributed by atoms with Gasteiger partial charge in [0.15, 0.2) is 19.4 Å². The molecule has 0 spiro atoms. The monoisotopic (exact) mass is 627 g/mol. The zero-order valence-electron chi connectivity index (χ0n) is 26.1. The van der Waals surface area contributed by atoms with Gasteiger partial charge in [0, 0.05) is 11.1 Å². The molecule has 0 fully saturated rings. The van der Waals surface area contributed by atoms with Crippen LogP contribution in [-0.2, 0) is 0 Å². The molecule has 0 N–H and O–H groups in total. The number of aromatic nitrogens is 1. The Morgan fingerprint density at radius 3 is 1.58 bits per heavy atom. The average Bonchev–Trinajstić information content (AvgIpc) is 3.50. The molecule has 3 nitrogen and oxygen atoms in total. The minimum absolute atomic E-state index is 0.632. The molecule has 0 radical (unpaired) electrons. The lowest BCUT2D eigenvalue weighted by molar-refractivity contribution is 1.18. The number of rotatable bonds is 6. The van der Waals surface area contributed by atoms with E-state index in [9.17, 15) is 0 Å². The molecule has 1 heterocycles. The van der Waals surface area contributed by atoms with Gasteiger partial charge in [0.1, 0.15) is 0 Å². The number of hydrogen-bond donors (Lipinski definition) is 0. The molecule has 8 aromatic rings. The van der Waals surface area contributed by atoms with Crippen LogP contribution < -0.4 is 20.7 Å². The highest BCUT2D eigenvalue weighted by Crippen LogP contribution is 2.36. The van der Waals surface area contributed by atoms with Gasteiger partial charge in [-0.1, -0.05) is 146 Å². The first-order chi connectivity index (χ1) is 23.7. The zero-order chi connectivity index (χ0) is 32.5. The fraction of sp³-hybridized carbons (Fsp3) is 0. The van der Waals surface area contributed by atoms with Gasteiger partial charge in [-0.3, -0.25) is 0 Å². The van der Waals surface area contributed by atoms with E-state index in [0.717, 1.165) is 38.6 Å². The molecule has 224 valence electrons. The first-order valence-electron chi connectivity index (χ1n) is 15.9. The second kappa shape index (κ2) is 12.0. The molecule has 0 saturated heterocycles. The lowest BCUT2D eigenvalue weighted by Gasteiger charge is -2.35. The van der Waals surface area contributed by atoms with Crippen molar-refractivity contribution in [3.63, 3.8) is 0 Å². The molecule has 0 aliphatic rings. The summed E-state index contributed by atoms with van der Waals surface area (Å²) in [5, 5.41) is 7.31. The van der Waals surface area contributed by atoms with Gasteiger partial charge in [-0.05, 0) is 67.6 Å². The third kappa shape index (κ3) is 4.64. The molecular formula is C44H29N3Si. The Hall–Kier alpha value is -6.46. The Morgan fingerprint density at radius 1 is 0.438 bits per heavy atom. The van der Waals surface area contributed by atoms with Gasteiger partial charge in [0.2, 0.25) is 0 Å². The van der Waals surface area contributed by atoms with Gasteiger partial charge in [-0.25, -0.2) is 9.69 Å². The Kier molecular flexibility index (Phi) is 7.27. The average molecular weight is 628 g/mol. The number of benzene rings is 7. The van der Waals surface area contributed by atoms with Crippen LogP contribution >= 0.6 is 0 Å². The van der Waals surface area contributed by atoms with Crippen molar-refractivity contribution in [1.29, 1.82) is 0 Å². The Balaban J connectivity index is 1.32. The summed E-state index contributed by atoms with van der Waals surface area (Å²) >= 11 is 0. The maximum absolute atomic E-state index is 8.13. The largest absolute Gasteiger partial charge is 0.309 e. The standard InChI is InChI=1S/C44H29N3Si/c1-45-33-24-29-44-41(30-33)39-20-12-13-21-43(39)47(44)34-25-22-32(23-26-34)40-31-38(27-28-42(40)46-2)48(35-14-6-3-7-15-35,36-16-8-4-9-17-36)37-18-10-5-11-19-37/h3-31H. The van der Waals surface area contributed by atoms with Gasteiger partial charge >= 0.3 is 0 Å². The number of nitrogens with zero attached hydrogens (tertiary/aromatic N) is 3. The van der Waals surface area contributed by atoms with Crippen molar-refractivity contribution in [2.75, 3.05) is 0 Å². The molecule has 0 bridgehead atoms. The van der Waals surface area contributed by atoms with Gasteiger partial charge in [-0.15, -0.1) is 0 Å². The molecule has 7 aromatic carbocycles. The van der Waals surface area contributed by atoms with Crippen LogP contribution in [0.1, 0.15) is 0 Å². The van der Waals surface area contributed by atoms with Crippen molar-refractivity contribution in [2.24, 2.45) is 0 Å². The molecular weight excluding hydrogens is 599 g/mol. The van der Waals surface area contributed by atoms with Crippen LogP contribution in [0.25, 0.3) is 48.3 Å². The van der Waals surface area contributed by atoms with Crippen molar-refractivity contribution >= 4 is 62.0 Å². The quantitative estimate of drug-likeness (QED) is 0.0993. The summed E-state index contributed by atoms with van der Waals surface area (Å²) in [5.41, 5.74) is 6.38. The molecule has 48 heavy (non-hydrogen) atoms. The van der Waals surface area contributed by atoms with Crippen LogP contribution in [0.2, 0.25) is 0 Å². The second-order valence-electron chi connectivity index (χ2n) is 11.9. The molecule has 0 aliphatic heterocycles. The number of fused-ring (bicyclic) bond motifs is 3. The van der Waals surface area contributed by atoms with Gasteiger partial charge in [0.05, 0.1) is 24.2 Å². The molecule has 0 unspecified atom stereocenters. The smallest absolute Gasteiger partial charge is 0.194 e. The van der Waals surface area contributed by atoms with Crippen LogP contribution in [0, 0.1) is 13.1 Å². The van der Waals surface area contributed by atoms with E-state index in [1.807, 2.05) is 30.3 Å². The van der Waals surface area contributed by atoms with E-state index in [0.29, 0.717) is 11.4 Å². The first kappa shape index (κ1) is 29.0. The third-order valence-corrected chi connectivity index (χ3v) is 14.2. The SMILES string of the molecule is [C-]#[N+]c1ccc2c(c1)c1ccccc1n2-c1ccc(-c2cc([Si](c3ccccc3)(c3ccccc3)c3ccccc3)ccc2[N+]#[C-])cc1. The van der Waals surface area contributed by atoms with Crippen LogP contribution in [0.15, 0.2) is 176 Å². The van der Waals surface area contributed by atoms with E-state index >= 15 is 0 Å². The molecule has 0 atom stereocenters. The van der Waals surface area contributed by atoms with Gasteiger partial charge < -0.3 is 4.57 Å². The van der Waals surface area contributed by atoms with E-state index in [2.05, 4.69) is 160 Å². The molecule has 0 saturated carbocycles. The molecule has 8 rings (SSSR count). The maximum Gasteiger partial charge on any atom is 0.194 e. The highest BCUT2D eigenvalue weighted by Gasteiger charge is 2.41. The Bertz CT molecular complexity index is 2410. The fourth-order valence-electron chi connectivity index (χ4n) is 7.26. The van der Waals surface area contributed by atoms with E-state index < -0.39 is 8.07 Å². The first-order valence-corrected chi connectivity index (χ1v) is 17.9. The third-order valence-electron chi connectivity index (χ3n) is 9.39. The molecule has 1 aromatic heterocycles. The fourth-order valence-corrected chi connectivity index (χ4v) is 12.0. The van der Waals surface area contributed by atoms with Crippen LogP contribution in [0.5, 0.6) is 0 Å². The highest BCUT2D eigenvalue weighted by molar-refractivity contribution is 7.19. The lowest BCUT2D eigenvalue weighted by atomic mass is 10.0. The van der Waals surface area contributed by atoms with E-state index in [-0.39, 0.29) is 0 Å². The molecule has 0 aliphatic carbocycles. The minimum atomic E-state index is -2.75. The summed E-state index contributed by atoms with van der Waals surface area (Å²) in [5.74, 6) is 0. The maximum atomic E-state index is 8.13. The summed E-state index contributed by atoms with van der Waals surface area (Å²) in [7, 11) is -2.75. The normalized spacial score (nSPS) is 11.3. The van der Waals surface area contributed by atoms with Crippen LogP contribution in [0.3, 0.4) is 0 Å². The summed E-state index contributed by atoms with van der Waals surface area (Å²) in [4.78, 5) is 7.67. The van der Waals surface area contributed by atoms with Gasteiger partial charge in [0.25, 0.3) is 0 Å². The topological polar surface area (TPSA) is 13.6 Å². The van der Waals surface area contributed by atoms with Crippen molar-refractivity contribution in [3.05, 3.63) is 199 Å². The Labute approximate surface area is 281 Å². The second-order valence-corrected chi connectivity index (χ2v) is 15.7. The predicted molar refractivity (Wildman–Crippen MR) is 202 cm³/mol. The summed E-state index contributed by atoms with van der Waals surface area (Å²) < 4.78 is 2.26. The van der Waals surface area contributed by atoms with Crippen molar-refractivity contribution in [1.82, 2.24) is 4.57 Å². The van der Waals surface area contributed by atoms with Crippen molar-refractivity contribution in [3.8, 4) is 16.8 Å². The Morgan fingerprint density at radius 2 is 1.00 bits per heavy atom. The molecule has 4 heteroatoms. The van der Waals surface area contributed by atoms with Gasteiger partial charge in [-0.2, -0.15) is 0 Å². The summed E-state index contributed by atoms with van der Waals surface area (Å²) in [6, 6.07) is 61.8. The minimum Gasteiger partial charge on any atom is -0.309 e. The summed E-state index contributed by atoms with van der Waals surface area (Å²) in [6.07, 6.45) is 0. The number of para-hydroxylation sites is 1. The lowest BCUT2D eigenvalue weighted by Crippen LogP contribution is -2.74. The number of hydrogen-bond acceptors (Lipinski definition) is 0. The van der Waals surface area contributed by atoms with Crippen molar-refractivity contribution in [2.45, 2.75) is 0 Å². The highest BCUT2D eigenvalue weighted by atomic mass is 28.3. The predicted octanol–water partition coefficient (Wildman–Crippen LogP) is 8.93. The van der Waals surface area contributed by atoms with Crippen LogP contribution in [0.4, 0.5) is 11.4 Å². The zero-order valence-corrected chi connectivity index (χ0v) is 27.1. The van der Waals surface area contributed by atoms with Crippen LogP contribution in [-0.4, -0.2) is 12.6 Å². The summed E-state index contributed by atoms with van der Waals surface area (Å²) in [6.45, 7) is 15.7. The van der Waals surface area contributed by atoms with E-state index in [4.69, 9.17) is 13.1 Å². The van der Waals surface area contributed by atoms with E-state index in [1.54, 1.807) is 0 Å².